The summed E-state index contributed by atoms with van der Waals surface area (Å²) in [5.74, 6) is -0.221. The van der Waals surface area contributed by atoms with Gasteiger partial charge < -0.3 is 4.42 Å². The van der Waals surface area contributed by atoms with Crippen LogP contribution in [0, 0.1) is 0 Å². The summed E-state index contributed by atoms with van der Waals surface area (Å²) in [4.78, 5) is 29.0. The standard InChI is InChI=1S/C27H21Br2NO3/c1-27(2,3)16-6-4-15(5-7-16)23-22-24(31)20-14-18(29)10-13-21(20)33-25(22)26(32)30(23)19-11-8-17(28)9-12-19/h4-14,23H,1-3H3. The molecule has 1 unspecified atom stereocenters. The smallest absolute Gasteiger partial charge is 0.295 e. The van der Waals surface area contributed by atoms with Crippen LogP contribution in [0.1, 0.15) is 54.1 Å². The first-order chi connectivity index (χ1) is 15.6. The van der Waals surface area contributed by atoms with Crippen molar-refractivity contribution < 1.29 is 9.21 Å². The summed E-state index contributed by atoms with van der Waals surface area (Å²) in [7, 11) is 0. The predicted molar refractivity (Wildman–Crippen MR) is 138 cm³/mol. The Labute approximate surface area is 208 Å². The van der Waals surface area contributed by atoms with Gasteiger partial charge in [0.1, 0.15) is 5.58 Å². The second kappa shape index (κ2) is 7.96. The van der Waals surface area contributed by atoms with E-state index >= 15 is 0 Å². The van der Waals surface area contributed by atoms with Crippen molar-refractivity contribution in [3.63, 3.8) is 0 Å². The topological polar surface area (TPSA) is 50.5 Å². The Morgan fingerprint density at radius 3 is 2.12 bits per heavy atom. The molecule has 33 heavy (non-hydrogen) atoms. The molecule has 5 rings (SSSR count). The molecule has 3 aromatic carbocycles. The number of nitrogens with zero attached hydrogens (tertiary/aromatic N) is 1. The highest BCUT2D eigenvalue weighted by Gasteiger charge is 2.43. The SMILES string of the molecule is CC(C)(C)c1ccc(C2c3c(oc4ccc(Br)cc4c3=O)C(=O)N2c2ccc(Br)cc2)cc1. The van der Waals surface area contributed by atoms with E-state index in [0.29, 0.717) is 22.2 Å². The van der Waals surface area contributed by atoms with E-state index in [1.54, 1.807) is 23.1 Å². The van der Waals surface area contributed by atoms with Crippen molar-refractivity contribution in [2.45, 2.75) is 32.2 Å². The van der Waals surface area contributed by atoms with Gasteiger partial charge in [0.25, 0.3) is 5.91 Å². The Balaban J connectivity index is 1.77. The van der Waals surface area contributed by atoms with Crippen LogP contribution >= 0.6 is 31.9 Å². The minimum atomic E-state index is -0.581. The molecule has 0 fully saturated rings. The van der Waals surface area contributed by atoms with Crippen LogP contribution in [0.25, 0.3) is 11.0 Å². The van der Waals surface area contributed by atoms with Crippen LogP contribution in [-0.4, -0.2) is 5.91 Å². The van der Waals surface area contributed by atoms with Gasteiger partial charge in [0.05, 0.1) is 17.0 Å². The van der Waals surface area contributed by atoms with E-state index in [0.717, 1.165) is 14.5 Å². The molecule has 1 aliphatic rings. The number of anilines is 1. The van der Waals surface area contributed by atoms with Crippen molar-refractivity contribution in [3.8, 4) is 0 Å². The molecule has 0 aliphatic carbocycles. The molecule has 0 saturated carbocycles. The van der Waals surface area contributed by atoms with Gasteiger partial charge in [-0.2, -0.15) is 0 Å². The predicted octanol–water partition coefficient (Wildman–Crippen LogP) is 7.37. The van der Waals surface area contributed by atoms with Crippen LogP contribution in [0.5, 0.6) is 0 Å². The summed E-state index contributed by atoms with van der Waals surface area (Å²) in [5.41, 5.74) is 3.32. The quantitative estimate of drug-likeness (QED) is 0.254. The third-order valence-corrected chi connectivity index (χ3v) is 7.05. The lowest BCUT2D eigenvalue weighted by atomic mass is 9.86. The number of hydrogen-bond acceptors (Lipinski definition) is 3. The van der Waals surface area contributed by atoms with Gasteiger partial charge in [0.15, 0.2) is 5.43 Å². The first-order valence-corrected chi connectivity index (χ1v) is 12.2. The van der Waals surface area contributed by atoms with Gasteiger partial charge in [-0.15, -0.1) is 0 Å². The number of amides is 1. The van der Waals surface area contributed by atoms with Crippen molar-refractivity contribution in [2.24, 2.45) is 0 Å². The van der Waals surface area contributed by atoms with Gasteiger partial charge in [-0.05, 0) is 59.0 Å². The number of benzene rings is 3. The largest absolute Gasteiger partial charge is 0.450 e. The lowest BCUT2D eigenvalue weighted by molar-refractivity contribution is 0.0971. The number of hydrogen-bond donors (Lipinski definition) is 0. The summed E-state index contributed by atoms with van der Waals surface area (Å²) in [6.07, 6.45) is 0. The average molecular weight is 567 g/mol. The molecule has 6 heteroatoms. The number of fused-ring (bicyclic) bond motifs is 2. The zero-order chi connectivity index (χ0) is 23.5. The second-order valence-electron chi connectivity index (χ2n) is 9.24. The fourth-order valence-electron chi connectivity index (χ4n) is 4.29. The van der Waals surface area contributed by atoms with Crippen LogP contribution < -0.4 is 10.3 Å². The first kappa shape index (κ1) is 22.1. The average Bonchev–Trinajstić information content (AvgIpc) is 3.07. The van der Waals surface area contributed by atoms with Crippen molar-refractivity contribution in [1.29, 1.82) is 0 Å². The maximum absolute atomic E-state index is 13.7. The lowest BCUT2D eigenvalue weighted by Gasteiger charge is -2.26. The van der Waals surface area contributed by atoms with Crippen molar-refractivity contribution in [1.82, 2.24) is 0 Å². The van der Waals surface area contributed by atoms with Crippen molar-refractivity contribution in [3.05, 3.63) is 108 Å². The van der Waals surface area contributed by atoms with E-state index in [2.05, 4.69) is 64.8 Å². The molecule has 0 bridgehead atoms. The highest BCUT2D eigenvalue weighted by Crippen LogP contribution is 2.42. The lowest BCUT2D eigenvalue weighted by Crippen LogP contribution is -2.29. The van der Waals surface area contributed by atoms with E-state index < -0.39 is 6.04 Å². The first-order valence-electron chi connectivity index (χ1n) is 10.6. The summed E-state index contributed by atoms with van der Waals surface area (Å²) in [5, 5.41) is 0.449. The fraction of sp³-hybridized carbons (Fsp3) is 0.185. The van der Waals surface area contributed by atoms with Gasteiger partial charge in [0, 0.05) is 14.6 Å². The molecule has 1 aromatic heterocycles. The molecule has 0 spiro atoms. The number of rotatable bonds is 2. The number of carbonyl (C=O) groups is 1. The Morgan fingerprint density at radius 2 is 1.48 bits per heavy atom. The minimum Gasteiger partial charge on any atom is -0.450 e. The second-order valence-corrected chi connectivity index (χ2v) is 11.1. The highest BCUT2D eigenvalue weighted by atomic mass is 79.9. The molecule has 166 valence electrons. The van der Waals surface area contributed by atoms with Gasteiger partial charge in [0.2, 0.25) is 5.76 Å². The minimum absolute atomic E-state index is 0.00513. The van der Waals surface area contributed by atoms with Crippen LogP contribution in [-0.2, 0) is 5.41 Å². The van der Waals surface area contributed by atoms with E-state index in [1.807, 2.05) is 36.4 Å². The molecule has 0 radical (unpaired) electrons. The Hall–Kier alpha value is -2.70. The van der Waals surface area contributed by atoms with E-state index in [-0.39, 0.29) is 22.5 Å². The van der Waals surface area contributed by atoms with E-state index in [1.165, 1.54) is 5.56 Å². The summed E-state index contributed by atoms with van der Waals surface area (Å²) in [6, 6.07) is 20.3. The molecular formula is C27H21Br2NO3. The highest BCUT2D eigenvalue weighted by molar-refractivity contribution is 9.10. The van der Waals surface area contributed by atoms with Crippen LogP contribution in [0.3, 0.4) is 0 Å². The maximum Gasteiger partial charge on any atom is 0.295 e. The molecule has 0 saturated heterocycles. The molecule has 2 heterocycles. The Bertz CT molecular complexity index is 1450. The van der Waals surface area contributed by atoms with Crippen LogP contribution in [0.15, 0.2) is 84.9 Å². The molecule has 4 aromatic rings. The third kappa shape index (κ3) is 3.75. The summed E-state index contributed by atoms with van der Waals surface area (Å²) >= 11 is 6.89. The normalized spacial score (nSPS) is 15.8. The molecule has 0 N–H and O–H groups in total. The zero-order valence-corrected chi connectivity index (χ0v) is 21.5. The van der Waals surface area contributed by atoms with Gasteiger partial charge in [-0.1, -0.05) is 76.9 Å². The monoisotopic (exact) mass is 565 g/mol. The molecule has 1 amide bonds. The fourth-order valence-corrected chi connectivity index (χ4v) is 4.92. The Kier molecular flexibility index (Phi) is 5.33. The molecule has 1 aliphatic heterocycles. The van der Waals surface area contributed by atoms with Crippen LogP contribution in [0.2, 0.25) is 0 Å². The Morgan fingerprint density at radius 1 is 0.848 bits per heavy atom. The summed E-state index contributed by atoms with van der Waals surface area (Å²) in [6.45, 7) is 6.47. The number of carbonyl (C=O) groups excluding carboxylic acids is 1. The summed E-state index contributed by atoms with van der Waals surface area (Å²) < 4.78 is 7.72. The molecule has 4 nitrogen and oxygen atoms in total. The molecular weight excluding hydrogens is 546 g/mol. The van der Waals surface area contributed by atoms with E-state index in [9.17, 15) is 9.59 Å². The van der Waals surface area contributed by atoms with Crippen LogP contribution in [0.4, 0.5) is 5.69 Å². The number of halogens is 2. The maximum atomic E-state index is 13.7. The van der Waals surface area contributed by atoms with Crippen molar-refractivity contribution in [2.75, 3.05) is 4.90 Å². The molecule has 1 atom stereocenters. The van der Waals surface area contributed by atoms with Gasteiger partial charge in [-0.3, -0.25) is 14.5 Å². The third-order valence-electron chi connectivity index (χ3n) is 6.03. The zero-order valence-electron chi connectivity index (χ0n) is 18.4. The van der Waals surface area contributed by atoms with E-state index in [4.69, 9.17) is 4.42 Å². The van der Waals surface area contributed by atoms with Gasteiger partial charge in [-0.25, -0.2) is 0 Å². The van der Waals surface area contributed by atoms with Gasteiger partial charge >= 0.3 is 0 Å². The van der Waals surface area contributed by atoms with Crippen molar-refractivity contribution >= 4 is 54.4 Å².